The molecule has 0 aliphatic rings. The quantitative estimate of drug-likeness (QED) is 0.728. The molecule has 20 heavy (non-hydrogen) atoms. The predicted octanol–water partition coefficient (Wildman–Crippen LogP) is 2.79. The molecule has 2 aromatic heterocycles. The first-order valence-electron chi connectivity index (χ1n) is 6.77. The summed E-state index contributed by atoms with van der Waals surface area (Å²) < 4.78 is 3.97. The zero-order valence-corrected chi connectivity index (χ0v) is 11.8. The first-order chi connectivity index (χ1) is 9.70. The van der Waals surface area contributed by atoms with E-state index in [0.717, 1.165) is 18.8 Å². The lowest BCUT2D eigenvalue weighted by molar-refractivity contribution is 0.657. The van der Waals surface area contributed by atoms with Gasteiger partial charge < -0.3 is 0 Å². The number of aryl methyl sites for hydroxylation is 2. The van der Waals surface area contributed by atoms with Crippen LogP contribution in [0.3, 0.4) is 0 Å². The zero-order valence-electron chi connectivity index (χ0n) is 11.8. The van der Waals surface area contributed by atoms with E-state index < -0.39 is 0 Å². The van der Waals surface area contributed by atoms with Crippen molar-refractivity contribution in [2.24, 2.45) is 0 Å². The molecular formula is C16H18N4. The highest BCUT2D eigenvalue weighted by atomic mass is 15.3. The molecule has 0 bridgehead atoms. The Morgan fingerprint density at radius 1 is 1.00 bits per heavy atom. The van der Waals surface area contributed by atoms with E-state index >= 15 is 0 Å². The molecule has 0 aliphatic heterocycles. The third-order valence-electron chi connectivity index (χ3n) is 3.36. The Morgan fingerprint density at radius 2 is 1.70 bits per heavy atom. The topological polar surface area (TPSA) is 35.6 Å². The van der Waals surface area contributed by atoms with Crippen LogP contribution in [-0.4, -0.2) is 19.6 Å². The van der Waals surface area contributed by atoms with Gasteiger partial charge in [0.2, 0.25) is 0 Å². The Bertz CT molecular complexity index is 678. The van der Waals surface area contributed by atoms with Crippen molar-refractivity contribution in [1.29, 1.82) is 0 Å². The standard InChI is InChI=1S/C16H18N4/c1-13-10-14(2)20(18-13)12-16-6-4-15(5-7-16)11-19-9-3-8-17-19/h3-10H,11-12H2,1-2H3. The van der Waals surface area contributed by atoms with Gasteiger partial charge in [-0.15, -0.1) is 0 Å². The Balaban J connectivity index is 1.71. The maximum atomic E-state index is 4.49. The molecule has 4 heteroatoms. The molecule has 2 heterocycles. The summed E-state index contributed by atoms with van der Waals surface area (Å²) in [5.41, 5.74) is 4.78. The van der Waals surface area contributed by atoms with Gasteiger partial charge in [0, 0.05) is 18.1 Å². The molecule has 3 rings (SSSR count). The Labute approximate surface area is 118 Å². The lowest BCUT2D eigenvalue weighted by Crippen LogP contribution is -2.04. The zero-order chi connectivity index (χ0) is 13.9. The van der Waals surface area contributed by atoms with Gasteiger partial charge >= 0.3 is 0 Å². The average molecular weight is 266 g/mol. The minimum Gasteiger partial charge on any atom is -0.268 e. The van der Waals surface area contributed by atoms with Gasteiger partial charge in [0.15, 0.2) is 0 Å². The van der Waals surface area contributed by atoms with E-state index in [9.17, 15) is 0 Å². The summed E-state index contributed by atoms with van der Waals surface area (Å²) in [7, 11) is 0. The number of aromatic nitrogens is 4. The predicted molar refractivity (Wildman–Crippen MR) is 78.6 cm³/mol. The molecule has 0 fully saturated rings. The highest BCUT2D eigenvalue weighted by Crippen LogP contribution is 2.10. The van der Waals surface area contributed by atoms with Crippen LogP contribution >= 0.6 is 0 Å². The lowest BCUT2D eigenvalue weighted by Gasteiger charge is -2.06. The summed E-state index contributed by atoms with van der Waals surface area (Å²) in [4.78, 5) is 0. The second kappa shape index (κ2) is 5.33. The van der Waals surface area contributed by atoms with Gasteiger partial charge in [0.1, 0.15) is 0 Å². The minimum atomic E-state index is 0.813. The Kier molecular flexibility index (Phi) is 3.37. The van der Waals surface area contributed by atoms with Crippen LogP contribution in [0.15, 0.2) is 48.8 Å². The number of nitrogens with zero attached hydrogens (tertiary/aromatic N) is 4. The van der Waals surface area contributed by atoms with Gasteiger partial charge in [0.05, 0.1) is 18.8 Å². The van der Waals surface area contributed by atoms with Gasteiger partial charge in [-0.05, 0) is 37.1 Å². The first-order valence-corrected chi connectivity index (χ1v) is 6.77. The molecule has 3 aromatic rings. The lowest BCUT2D eigenvalue weighted by atomic mass is 10.1. The molecule has 0 spiro atoms. The second-order valence-corrected chi connectivity index (χ2v) is 5.10. The maximum Gasteiger partial charge on any atom is 0.0662 e. The molecule has 0 aliphatic carbocycles. The summed E-state index contributed by atoms with van der Waals surface area (Å²) in [6.45, 7) is 5.75. The van der Waals surface area contributed by atoms with Crippen LogP contribution < -0.4 is 0 Å². The van der Waals surface area contributed by atoms with Crippen molar-refractivity contribution in [3.63, 3.8) is 0 Å². The maximum absolute atomic E-state index is 4.49. The van der Waals surface area contributed by atoms with E-state index in [4.69, 9.17) is 0 Å². The smallest absolute Gasteiger partial charge is 0.0662 e. The van der Waals surface area contributed by atoms with Crippen LogP contribution in [0.1, 0.15) is 22.5 Å². The van der Waals surface area contributed by atoms with E-state index in [1.165, 1.54) is 16.8 Å². The highest BCUT2D eigenvalue weighted by molar-refractivity contribution is 5.23. The van der Waals surface area contributed by atoms with Crippen LogP contribution in [0, 0.1) is 13.8 Å². The van der Waals surface area contributed by atoms with Gasteiger partial charge in [-0.2, -0.15) is 10.2 Å². The molecule has 0 N–H and O–H groups in total. The van der Waals surface area contributed by atoms with Gasteiger partial charge in [-0.3, -0.25) is 9.36 Å². The van der Waals surface area contributed by atoms with E-state index in [1.54, 1.807) is 6.20 Å². The fraction of sp³-hybridized carbons (Fsp3) is 0.250. The van der Waals surface area contributed by atoms with Gasteiger partial charge in [-0.25, -0.2) is 0 Å². The number of rotatable bonds is 4. The fourth-order valence-corrected chi connectivity index (χ4v) is 2.34. The van der Waals surface area contributed by atoms with Gasteiger partial charge in [-0.1, -0.05) is 24.3 Å². The third kappa shape index (κ3) is 2.79. The van der Waals surface area contributed by atoms with Crippen molar-refractivity contribution in [3.05, 3.63) is 71.3 Å². The molecule has 0 unspecified atom stereocenters. The number of hydrogen-bond acceptors (Lipinski definition) is 2. The van der Waals surface area contributed by atoms with E-state index in [-0.39, 0.29) is 0 Å². The van der Waals surface area contributed by atoms with Crippen molar-refractivity contribution >= 4 is 0 Å². The van der Waals surface area contributed by atoms with Crippen LogP contribution in [-0.2, 0) is 13.1 Å². The van der Waals surface area contributed by atoms with Gasteiger partial charge in [0.25, 0.3) is 0 Å². The molecule has 0 amide bonds. The summed E-state index contributed by atoms with van der Waals surface area (Å²) >= 11 is 0. The molecule has 4 nitrogen and oxygen atoms in total. The Morgan fingerprint density at radius 3 is 2.25 bits per heavy atom. The fourth-order valence-electron chi connectivity index (χ4n) is 2.34. The summed E-state index contributed by atoms with van der Waals surface area (Å²) in [5.74, 6) is 0. The van der Waals surface area contributed by atoms with E-state index in [2.05, 4.69) is 47.5 Å². The third-order valence-corrected chi connectivity index (χ3v) is 3.36. The van der Waals surface area contributed by atoms with Crippen LogP contribution in [0.4, 0.5) is 0 Å². The highest BCUT2D eigenvalue weighted by Gasteiger charge is 2.02. The molecule has 0 saturated carbocycles. The molecule has 0 saturated heterocycles. The minimum absolute atomic E-state index is 0.813. The Hall–Kier alpha value is -2.36. The summed E-state index contributed by atoms with van der Waals surface area (Å²) in [5, 5.41) is 8.71. The van der Waals surface area contributed by atoms with Crippen molar-refractivity contribution in [2.45, 2.75) is 26.9 Å². The first kappa shape index (κ1) is 12.7. The molecule has 0 radical (unpaired) electrons. The molecular weight excluding hydrogens is 248 g/mol. The van der Waals surface area contributed by atoms with Crippen LogP contribution in [0.5, 0.6) is 0 Å². The summed E-state index contributed by atoms with van der Waals surface area (Å²) in [6.07, 6.45) is 3.78. The second-order valence-electron chi connectivity index (χ2n) is 5.10. The molecule has 0 atom stereocenters. The molecule has 1 aromatic carbocycles. The average Bonchev–Trinajstić information content (AvgIpc) is 3.03. The van der Waals surface area contributed by atoms with E-state index in [0.29, 0.717) is 0 Å². The largest absolute Gasteiger partial charge is 0.268 e. The number of hydrogen-bond donors (Lipinski definition) is 0. The van der Waals surface area contributed by atoms with E-state index in [1.807, 2.05) is 28.6 Å². The normalized spacial score (nSPS) is 10.9. The van der Waals surface area contributed by atoms with Crippen molar-refractivity contribution in [1.82, 2.24) is 19.6 Å². The van der Waals surface area contributed by atoms with Crippen molar-refractivity contribution in [3.8, 4) is 0 Å². The van der Waals surface area contributed by atoms with Crippen molar-refractivity contribution < 1.29 is 0 Å². The molecule has 102 valence electrons. The van der Waals surface area contributed by atoms with Crippen molar-refractivity contribution in [2.75, 3.05) is 0 Å². The SMILES string of the molecule is Cc1cc(C)n(Cc2ccc(Cn3cccn3)cc2)n1. The number of benzene rings is 1. The summed E-state index contributed by atoms with van der Waals surface area (Å²) in [6, 6.07) is 12.7. The monoisotopic (exact) mass is 266 g/mol. The van der Waals surface area contributed by atoms with Crippen LogP contribution in [0.25, 0.3) is 0 Å². The van der Waals surface area contributed by atoms with Crippen LogP contribution in [0.2, 0.25) is 0 Å².